The number of esters is 1. The molecule has 0 heterocycles. The Kier molecular flexibility index (Phi) is 7.37. The van der Waals surface area contributed by atoms with Crippen LogP contribution >= 0.6 is 46.4 Å². The van der Waals surface area contributed by atoms with Crippen LogP contribution in [0.2, 0.25) is 5.02 Å². The van der Waals surface area contributed by atoms with Crippen LogP contribution in [0.25, 0.3) is 0 Å². The third kappa shape index (κ3) is 6.17. The average Bonchev–Trinajstić information content (AvgIpc) is 2.61. The topological polar surface area (TPSA) is 105 Å². The summed E-state index contributed by atoms with van der Waals surface area (Å²) in [5.41, 5.74) is -0.0390. The lowest BCUT2D eigenvalue weighted by molar-refractivity contribution is 0.0261. The van der Waals surface area contributed by atoms with Crippen molar-refractivity contribution in [2.45, 2.75) is 10.0 Å². The lowest BCUT2D eigenvalue weighted by atomic mass is 10.2. The van der Waals surface area contributed by atoms with Crippen molar-refractivity contribution in [3.05, 3.63) is 64.7 Å². The number of rotatable bonds is 5. The molecule has 2 amide bonds. The van der Waals surface area contributed by atoms with E-state index in [1.807, 2.05) is 0 Å². The quantitative estimate of drug-likeness (QED) is 0.337. The van der Waals surface area contributed by atoms with E-state index in [1.165, 1.54) is 48.5 Å². The van der Waals surface area contributed by atoms with Crippen molar-refractivity contribution in [1.29, 1.82) is 0 Å². The third-order valence-electron chi connectivity index (χ3n) is 3.27. The van der Waals surface area contributed by atoms with Crippen molar-refractivity contribution >= 4 is 70.1 Å². The molecule has 0 aliphatic carbocycles. The Morgan fingerprint density at radius 1 is 1.00 bits per heavy atom. The monoisotopic (exact) mass is 464 g/mol. The van der Waals surface area contributed by atoms with Gasteiger partial charge in [0.05, 0.1) is 16.8 Å². The molecule has 7 nitrogen and oxygen atoms in total. The smallest absolute Gasteiger partial charge is 0.340 e. The molecule has 2 rings (SSSR count). The molecule has 148 valence electrons. The maximum atomic E-state index is 12.2. The predicted molar refractivity (Wildman–Crippen MR) is 107 cm³/mol. The Balaban J connectivity index is 2.12. The average molecular weight is 466 g/mol. The fourth-order valence-corrected chi connectivity index (χ4v) is 2.42. The van der Waals surface area contributed by atoms with Crippen LogP contribution in [0, 0.1) is 0 Å². The van der Waals surface area contributed by atoms with Gasteiger partial charge in [0, 0.05) is 5.02 Å². The van der Waals surface area contributed by atoms with E-state index < -0.39 is 28.0 Å². The van der Waals surface area contributed by atoms with Crippen molar-refractivity contribution in [1.82, 2.24) is 5.32 Å². The van der Waals surface area contributed by atoms with E-state index in [-0.39, 0.29) is 16.8 Å². The number of para-hydroxylation sites is 1. The molecule has 2 aromatic carbocycles. The van der Waals surface area contributed by atoms with Gasteiger partial charge in [-0.15, -0.1) is 0 Å². The summed E-state index contributed by atoms with van der Waals surface area (Å²) < 4.78 is 2.86. The Hall–Kier alpha value is -2.19. The molecule has 0 saturated heterocycles. The van der Waals surface area contributed by atoms with Crippen LogP contribution in [0.4, 0.5) is 10.5 Å². The first-order valence-corrected chi connectivity index (χ1v) is 9.02. The fourth-order valence-electron chi connectivity index (χ4n) is 2.00. The Labute approximate surface area is 179 Å². The van der Waals surface area contributed by atoms with E-state index in [2.05, 4.69) is 10.6 Å². The first-order valence-electron chi connectivity index (χ1n) is 7.51. The second kappa shape index (κ2) is 9.34. The van der Waals surface area contributed by atoms with Crippen LogP contribution in [0.3, 0.4) is 0 Å². The van der Waals surface area contributed by atoms with E-state index in [4.69, 9.17) is 56.2 Å². The van der Waals surface area contributed by atoms with Crippen LogP contribution in [0.5, 0.6) is 0 Å². The number of hydrogen-bond acceptors (Lipinski definition) is 4. The number of ether oxygens (including phenoxy) is 1. The summed E-state index contributed by atoms with van der Waals surface area (Å²) in [6, 6.07) is 10.4. The lowest BCUT2D eigenvalue weighted by Gasteiger charge is -2.25. The number of nitrogens with one attached hydrogen (secondary N) is 2. The largest absolute Gasteiger partial charge is 0.478 e. The van der Waals surface area contributed by atoms with Crippen molar-refractivity contribution in [3.63, 3.8) is 0 Å². The first kappa shape index (κ1) is 22.1. The summed E-state index contributed by atoms with van der Waals surface area (Å²) in [6.45, 7) is 0. The fraction of sp³-hybridized carbons (Fsp3) is 0.118. The molecule has 11 heteroatoms. The van der Waals surface area contributed by atoms with Crippen molar-refractivity contribution in [2.75, 3.05) is 5.32 Å². The summed E-state index contributed by atoms with van der Waals surface area (Å²) in [5, 5.41) is 14.0. The number of carboxylic acid groups (broad SMARTS) is 1. The molecule has 0 radical (unpaired) electrons. The minimum Gasteiger partial charge on any atom is -0.478 e. The third-order valence-corrected chi connectivity index (χ3v) is 4.12. The highest BCUT2D eigenvalue weighted by Crippen LogP contribution is 2.31. The van der Waals surface area contributed by atoms with Crippen LogP contribution in [0.1, 0.15) is 20.7 Å². The number of anilines is 1. The number of aromatic carboxylic acids is 1. The van der Waals surface area contributed by atoms with Gasteiger partial charge in [0.1, 0.15) is 0 Å². The van der Waals surface area contributed by atoms with E-state index in [0.29, 0.717) is 5.02 Å². The molecule has 0 aliphatic heterocycles. The SMILES string of the molecule is O=C(Nc1ccccc1C(=O)O)NC(OC(=O)c1ccc(Cl)cc1)C(Cl)(Cl)Cl. The molecular weight excluding hydrogens is 454 g/mol. The van der Waals surface area contributed by atoms with Gasteiger partial charge >= 0.3 is 18.0 Å². The molecule has 1 atom stereocenters. The molecule has 0 fully saturated rings. The number of amides is 2. The second-order valence-electron chi connectivity index (χ2n) is 5.28. The predicted octanol–water partition coefficient (Wildman–Crippen LogP) is 4.71. The molecule has 0 spiro atoms. The molecular formula is C17H12Cl4N2O5. The number of urea groups is 1. The summed E-state index contributed by atoms with van der Waals surface area (Å²) in [4.78, 5) is 35.6. The highest BCUT2D eigenvalue weighted by molar-refractivity contribution is 6.68. The van der Waals surface area contributed by atoms with E-state index in [0.717, 1.165) is 0 Å². The molecule has 1 unspecified atom stereocenters. The van der Waals surface area contributed by atoms with Crippen LogP contribution < -0.4 is 10.6 Å². The van der Waals surface area contributed by atoms with E-state index >= 15 is 0 Å². The maximum absolute atomic E-state index is 12.2. The van der Waals surface area contributed by atoms with Gasteiger partial charge in [0.15, 0.2) is 0 Å². The van der Waals surface area contributed by atoms with E-state index in [1.54, 1.807) is 0 Å². The zero-order valence-electron chi connectivity index (χ0n) is 13.8. The van der Waals surface area contributed by atoms with Gasteiger partial charge < -0.3 is 15.2 Å². The van der Waals surface area contributed by atoms with Gasteiger partial charge in [0.2, 0.25) is 10.0 Å². The minimum absolute atomic E-state index is 0.000375. The molecule has 0 aliphatic rings. The van der Waals surface area contributed by atoms with Gasteiger partial charge in [-0.05, 0) is 36.4 Å². The molecule has 2 aromatic rings. The molecule has 0 aromatic heterocycles. The Morgan fingerprint density at radius 2 is 1.61 bits per heavy atom. The van der Waals surface area contributed by atoms with Gasteiger partial charge in [-0.25, -0.2) is 14.4 Å². The normalized spacial score (nSPS) is 12.0. The number of carboxylic acids is 1. The lowest BCUT2D eigenvalue weighted by Crippen LogP contribution is -2.48. The number of hydrogen-bond donors (Lipinski definition) is 3. The standard InChI is InChI=1S/C17H12Cl4N2O5/c18-10-7-5-9(6-8-10)14(26)28-15(17(19,20)21)23-16(27)22-12-4-2-1-3-11(12)13(24)25/h1-8,15H,(H,24,25)(H2,22,23,27). The van der Waals surface area contributed by atoms with Gasteiger partial charge in [-0.2, -0.15) is 0 Å². The summed E-state index contributed by atoms with van der Waals surface area (Å²) in [5.74, 6) is -2.12. The van der Waals surface area contributed by atoms with Crippen molar-refractivity contribution in [2.24, 2.45) is 0 Å². The Bertz CT molecular complexity index is 884. The highest BCUT2D eigenvalue weighted by atomic mass is 35.6. The highest BCUT2D eigenvalue weighted by Gasteiger charge is 2.38. The van der Waals surface area contributed by atoms with Crippen LogP contribution in [-0.4, -0.2) is 33.1 Å². The number of benzene rings is 2. The van der Waals surface area contributed by atoms with Crippen LogP contribution in [-0.2, 0) is 4.74 Å². The van der Waals surface area contributed by atoms with E-state index in [9.17, 15) is 14.4 Å². The molecule has 3 N–H and O–H groups in total. The number of carbonyl (C=O) groups excluding carboxylic acids is 2. The summed E-state index contributed by atoms with van der Waals surface area (Å²) >= 11 is 23.1. The number of halogens is 4. The van der Waals surface area contributed by atoms with Crippen LogP contribution in [0.15, 0.2) is 48.5 Å². The zero-order chi connectivity index (χ0) is 20.9. The van der Waals surface area contributed by atoms with Crippen molar-refractivity contribution < 1.29 is 24.2 Å². The summed E-state index contributed by atoms with van der Waals surface area (Å²) in [6.07, 6.45) is -1.67. The first-order chi connectivity index (χ1) is 13.1. The molecule has 28 heavy (non-hydrogen) atoms. The summed E-state index contributed by atoms with van der Waals surface area (Å²) in [7, 11) is 0. The second-order valence-corrected chi connectivity index (χ2v) is 8.09. The van der Waals surface area contributed by atoms with Gasteiger partial charge in [-0.3, -0.25) is 5.32 Å². The molecule has 0 saturated carbocycles. The van der Waals surface area contributed by atoms with Gasteiger partial charge in [-0.1, -0.05) is 58.5 Å². The number of alkyl halides is 3. The zero-order valence-corrected chi connectivity index (χ0v) is 16.8. The molecule has 0 bridgehead atoms. The number of carbonyl (C=O) groups is 3. The minimum atomic E-state index is -2.20. The Morgan fingerprint density at radius 3 is 2.18 bits per heavy atom. The van der Waals surface area contributed by atoms with Crippen molar-refractivity contribution in [3.8, 4) is 0 Å². The maximum Gasteiger partial charge on any atom is 0.340 e. The van der Waals surface area contributed by atoms with Gasteiger partial charge in [0.25, 0.3) is 0 Å².